The Balaban J connectivity index is 2.51. The van der Waals surface area contributed by atoms with Crippen molar-refractivity contribution in [3.63, 3.8) is 0 Å². The summed E-state index contributed by atoms with van der Waals surface area (Å²) >= 11 is 0. The molecule has 0 radical (unpaired) electrons. The molecule has 1 saturated heterocycles. The third kappa shape index (κ3) is 4.01. The summed E-state index contributed by atoms with van der Waals surface area (Å²) in [6.45, 7) is 4.14. The quantitative estimate of drug-likeness (QED) is 0.693. The number of sulfonamides is 1. The summed E-state index contributed by atoms with van der Waals surface area (Å²) in [6, 6.07) is 0. The van der Waals surface area contributed by atoms with Gasteiger partial charge in [-0.3, -0.25) is 0 Å². The van der Waals surface area contributed by atoms with Gasteiger partial charge < -0.3 is 10.1 Å². The zero-order chi connectivity index (χ0) is 12.0. The number of rotatable bonds is 7. The number of ether oxygens (including phenoxy) is 1. The van der Waals surface area contributed by atoms with E-state index in [9.17, 15) is 8.42 Å². The molecule has 16 heavy (non-hydrogen) atoms. The van der Waals surface area contributed by atoms with Gasteiger partial charge in [0.2, 0.25) is 10.0 Å². The van der Waals surface area contributed by atoms with Crippen LogP contribution in [0.4, 0.5) is 0 Å². The number of nitrogens with zero attached hydrogens (tertiary/aromatic N) is 1. The van der Waals surface area contributed by atoms with E-state index in [1.807, 2.05) is 6.92 Å². The van der Waals surface area contributed by atoms with Crippen molar-refractivity contribution in [2.24, 2.45) is 0 Å². The molecule has 0 aromatic rings. The molecule has 6 heteroatoms. The fraction of sp³-hybridized carbons (Fsp3) is 1.00. The zero-order valence-electron chi connectivity index (χ0n) is 10.1. The first-order valence-corrected chi connectivity index (χ1v) is 7.45. The second-order valence-electron chi connectivity index (χ2n) is 4.01. The minimum Gasteiger partial charge on any atom is -0.377 e. The van der Waals surface area contributed by atoms with Gasteiger partial charge in [-0.2, -0.15) is 4.31 Å². The molecule has 5 nitrogen and oxygen atoms in total. The monoisotopic (exact) mass is 250 g/mol. The highest BCUT2D eigenvalue weighted by Crippen LogP contribution is 2.15. The standard InChI is InChI=1S/C10H22N2O3S/c1-3-12(9-10-5-4-7-15-10)16(13,14)8-6-11-2/h10-11H,3-9H2,1-2H3. The van der Waals surface area contributed by atoms with E-state index >= 15 is 0 Å². The average Bonchev–Trinajstić information content (AvgIpc) is 2.75. The van der Waals surface area contributed by atoms with Crippen molar-refractivity contribution in [3.8, 4) is 0 Å². The van der Waals surface area contributed by atoms with Gasteiger partial charge in [-0.25, -0.2) is 8.42 Å². The van der Waals surface area contributed by atoms with Crippen molar-refractivity contribution in [2.45, 2.75) is 25.9 Å². The molecule has 0 aromatic heterocycles. The first kappa shape index (κ1) is 13.9. The van der Waals surface area contributed by atoms with Crippen LogP contribution in [0, 0.1) is 0 Å². The first-order valence-electron chi connectivity index (χ1n) is 5.84. The molecule has 96 valence electrons. The summed E-state index contributed by atoms with van der Waals surface area (Å²) in [5.74, 6) is 0.157. The van der Waals surface area contributed by atoms with Crippen LogP contribution in [0.15, 0.2) is 0 Å². The van der Waals surface area contributed by atoms with Gasteiger partial charge in [0.25, 0.3) is 0 Å². The normalized spacial score (nSPS) is 21.8. The van der Waals surface area contributed by atoms with Crippen LogP contribution in [0.1, 0.15) is 19.8 Å². The molecule has 0 aliphatic carbocycles. The summed E-state index contributed by atoms with van der Waals surface area (Å²) in [4.78, 5) is 0. The second kappa shape index (κ2) is 6.54. The van der Waals surface area contributed by atoms with Crippen molar-refractivity contribution in [1.29, 1.82) is 0 Å². The van der Waals surface area contributed by atoms with Crippen molar-refractivity contribution in [3.05, 3.63) is 0 Å². The fourth-order valence-electron chi connectivity index (χ4n) is 1.81. The van der Waals surface area contributed by atoms with Gasteiger partial charge >= 0.3 is 0 Å². The highest BCUT2D eigenvalue weighted by molar-refractivity contribution is 7.89. The highest BCUT2D eigenvalue weighted by atomic mass is 32.2. The highest BCUT2D eigenvalue weighted by Gasteiger charge is 2.25. The van der Waals surface area contributed by atoms with E-state index < -0.39 is 10.0 Å². The van der Waals surface area contributed by atoms with Crippen LogP contribution < -0.4 is 5.32 Å². The van der Waals surface area contributed by atoms with Gasteiger partial charge in [0, 0.05) is 26.2 Å². The van der Waals surface area contributed by atoms with E-state index in [-0.39, 0.29) is 11.9 Å². The molecule has 0 saturated carbocycles. The molecular formula is C10H22N2O3S. The topological polar surface area (TPSA) is 58.6 Å². The Hall–Kier alpha value is -0.170. The van der Waals surface area contributed by atoms with Crippen LogP contribution >= 0.6 is 0 Å². The van der Waals surface area contributed by atoms with Gasteiger partial charge in [0.05, 0.1) is 11.9 Å². The Bertz CT molecular complexity index is 286. The van der Waals surface area contributed by atoms with E-state index in [0.29, 0.717) is 19.6 Å². The van der Waals surface area contributed by atoms with Crippen LogP contribution in [-0.2, 0) is 14.8 Å². The summed E-state index contributed by atoms with van der Waals surface area (Å²) in [5.41, 5.74) is 0. The van der Waals surface area contributed by atoms with E-state index in [1.54, 1.807) is 7.05 Å². The minimum absolute atomic E-state index is 0.0873. The molecule has 1 rings (SSSR count). The van der Waals surface area contributed by atoms with Crippen molar-refractivity contribution >= 4 is 10.0 Å². The van der Waals surface area contributed by atoms with Crippen LogP contribution in [0.2, 0.25) is 0 Å². The van der Waals surface area contributed by atoms with Gasteiger partial charge in [-0.05, 0) is 19.9 Å². The molecule has 1 heterocycles. The van der Waals surface area contributed by atoms with Crippen molar-refractivity contribution in [2.75, 3.05) is 39.0 Å². The van der Waals surface area contributed by atoms with Gasteiger partial charge in [0.1, 0.15) is 0 Å². The summed E-state index contributed by atoms with van der Waals surface area (Å²) in [7, 11) is -1.38. The van der Waals surface area contributed by atoms with E-state index in [0.717, 1.165) is 19.4 Å². The van der Waals surface area contributed by atoms with E-state index in [4.69, 9.17) is 4.74 Å². The Morgan fingerprint density at radius 2 is 2.25 bits per heavy atom. The van der Waals surface area contributed by atoms with Crippen LogP contribution in [-0.4, -0.2) is 57.9 Å². The molecule has 1 unspecified atom stereocenters. The summed E-state index contributed by atoms with van der Waals surface area (Å²) < 4.78 is 30.9. The Morgan fingerprint density at radius 3 is 2.75 bits per heavy atom. The minimum atomic E-state index is -3.13. The molecule has 1 fully saturated rings. The second-order valence-corrected chi connectivity index (χ2v) is 6.09. The first-order chi connectivity index (χ1) is 7.60. The Morgan fingerprint density at radius 1 is 1.50 bits per heavy atom. The molecule has 1 aliphatic heterocycles. The number of nitrogens with one attached hydrogen (secondary N) is 1. The molecule has 0 bridgehead atoms. The lowest BCUT2D eigenvalue weighted by Gasteiger charge is -2.23. The zero-order valence-corrected chi connectivity index (χ0v) is 10.9. The van der Waals surface area contributed by atoms with Crippen LogP contribution in [0.5, 0.6) is 0 Å². The predicted molar refractivity (Wildman–Crippen MR) is 63.9 cm³/mol. The molecular weight excluding hydrogens is 228 g/mol. The summed E-state index contributed by atoms with van der Waals surface area (Å²) in [6.07, 6.45) is 2.10. The van der Waals surface area contributed by atoms with Crippen molar-refractivity contribution < 1.29 is 13.2 Å². The Kier molecular flexibility index (Phi) is 5.68. The fourth-order valence-corrected chi connectivity index (χ4v) is 3.32. The number of likely N-dealkylation sites (N-methyl/N-ethyl adjacent to an activating group) is 1. The van der Waals surface area contributed by atoms with Gasteiger partial charge in [-0.1, -0.05) is 6.92 Å². The smallest absolute Gasteiger partial charge is 0.215 e. The molecule has 1 atom stereocenters. The van der Waals surface area contributed by atoms with Gasteiger partial charge in [0.15, 0.2) is 0 Å². The number of hydrogen-bond acceptors (Lipinski definition) is 4. The van der Waals surface area contributed by atoms with E-state index in [2.05, 4.69) is 5.32 Å². The van der Waals surface area contributed by atoms with Crippen LogP contribution in [0.3, 0.4) is 0 Å². The predicted octanol–water partition coefficient (Wildman–Crippen LogP) is 0.0365. The summed E-state index contributed by atoms with van der Waals surface area (Å²) in [5, 5.41) is 2.86. The van der Waals surface area contributed by atoms with E-state index in [1.165, 1.54) is 4.31 Å². The number of hydrogen-bond donors (Lipinski definition) is 1. The maximum Gasteiger partial charge on any atom is 0.215 e. The van der Waals surface area contributed by atoms with Crippen LogP contribution in [0.25, 0.3) is 0 Å². The third-order valence-corrected chi connectivity index (χ3v) is 4.70. The average molecular weight is 250 g/mol. The lowest BCUT2D eigenvalue weighted by Crippen LogP contribution is -2.40. The molecule has 1 aliphatic rings. The molecule has 0 aromatic carbocycles. The SMILES string of the molecule is CCN(CC1CCCO1)S(=O)(=O)CCNC. The Labute approximate surface area is 98.2 Å². The van der Waals surface area contributed by atoms with Crippen molar-refractivity contribution in [1.82, 2.24) is 9.62 Å². The molecule has 0 spiro atoms. The molecule has 1 N–H and O–H groups in total. The lowest BCUT2D eigenvalue weighted by molar-refractivity contribution is 0.0947. The lowest BCUT2D eigenvalue weighted by atomic mass is 10.2. The maximum absolute atomic E-state index is 11.9. The van der Waals surface area contributed by atoms with Gasteiger partial charge in [-0.15, -0.1) is 0 Å². The maximum atomic E-state index is 11.9. The largest absolute Gasteiger partial charge is 0.377 e. The third-order valence-electron chi connectivity index (χ3n) is 2.79. The molecule has 0 amide bonds.